The van der Waals surface area contributed by atoms with Crippen molar-refractivity contribution in [1.29, 1.82) is 0 Å². The number of hydrogen-bond donors (Lipinski definition) is 1. The van der Waals surface area contributed by atoms with E-state index in [1.165, 1.54) is 4.57 Å². The van der Waals surface area contributed by atoms with Gasteiger partial charge in [0.15, 0.2) is 5.82 Å². The zero-order valence-corrected chi connectivity index (χ0v) is 9.05. The fourth-order valence-electron chi connectivity index (χ4n) is 1.40. The van der Waals surface area contributed by atoms with Crippen molar-refractivity contribution in [3.63, 3.8) is 0 Å². The van der Waals surface area contributed by atoms with Crippen LogP contribution in [-0.2, 0) is 13.6 Å². The molecule has 82 valence electrons. The predicted molar refractivity (Wildman–Crippen MR) is 63.2 cm³/mol. The van der Waals surface area contributed by atoms with Crippen LogP contribution in [0.5, 0.6) is 0 Å². The molecule has 0 radical (unpaired) electrons. The van der Waals surface area contributed by atoms with Gasteiger partial charge in [-0.15, -0.1) is 0 Å². The highest BCUT2D eigenvalue weighted by molar-refractivity contribution is 5.32. The molecule has 16 heavy (non-hydrogen) atoms. The summed E-state index contributed by atoms with van der Waals surface area (Å²) >= 11 is 0. The molecule has 1 aromatic heterocycles. The van der Waals surface area contributed by atoms with Gasteiger partial charge in [-0.1, -0.05) is 30.3 Å². The van der Waals surface area contributed by atoms with E-state index in [0.717, 1.165) is 5.56 Å². The number of nitrogens with zero attached hydrogens (tertiary/aromatic N) is 2. The quantitative estimate of drug-likeness (QED) is 0.841. The van der Waals surface area contributed by atoms with E-state index in [-0.39, 0.29) is 5.56 Å². The van der Waals surface area contributed by atoms with Crippen LogP contribution in [0.4, 0.5) is 5.82 Å². The van der Waals surface area contributed by atoms with Crippen LogP contribution in [-0.4, -0.2) is 9.55 Å². The molecule has 4 nitrogen and oxygen atoms in total. The van der Waals surface area contributed by atoms with Crippen molar-refractivity contribution in [1.82, 2.24) is 9.55 Å². The van der Waals surface area contributed by atoms with Gasteiger partial charge < -0.3 is 9.88 Å². The van der Waals surface area contributed by atoms with E-state index in [1.807, 2.05) is 30.3 Å². The lowest BCUT2D eigenvalue weighted by molar-refractivity contribution is 0.839. The zero-order chi connectivity index (χ0) is 11.4. The molecule has 0 aliphatic carbocycles. The molecular weight excluding hydrogens is 202 g/mol. The average Bonchev–Trinajstić information content (AvgIpc) is 2.32. The molecular formula is C12H13N3O. The van der Waals surface area contributed by atoms with Crippen molar-refractivity contribution in [2.24, 2.45) is 7.05 Å². The number of aromatic nitrogens is 2. The molecule has 1 aromatic carbocycles. The number of rotatable bonds is 3. The van der Waals surface area contributed by atoms with E-state index >= 15 is 0 Å². The van der Waals surface area contributed by atoms with E-state index in [1.54, 1.807) is 19.4 Å². The second-order valence-corrected chi connectivity index (χ2v) is 3.53. The van der Waals surface area contributed by atoms with E-state index < -0.39 is 0 Å². The average molecular weight is 215 g/mol. The largest absolute Gasteiger partial charge is 0.361 e. The molecule has 0 saturated heterocycles. The van der Waals surface area contributed by atoms with Gasteiger partial charge in [-0.2, -0.15) is 0 Å². The molecule has 1 N–H and O–H groups in total. The van der Waals surface area contributed by atoms with Gasteiger partial charge >= 0.3 is 0 Å². The van der Waals surface area contributed by atoms with Crippen molar-refractivity contribution in [2.45, 2.75) is 6.54 Å². The van der Waals surface area contributed by atoms with Crippen LogP contribution in [0.1, 0.15) is 5.56 Å². The van der Waals surface area contributed by atoms with E-state index in [2.05, 4.69) is 10.3 Å². The molecule has 0 spiro atoms. The standard InChI is InChI=1S/C12H13N3O/c1-15-8-7-13-11(12(15)16)14-9-10-5-3-2-4-6-10/h2-8H,9H2,1H3,(H,13,14). The maximum absolute atomic E-state index is 11.6. The highest BCUT2D eigenvalue weighted by Gasteiger charge is 2.00. The van der Waals surface area contributed by atoms with Crippen molar-refractivity contribution in [3.05, 3.63) is 58.6 Å². The van der Waals surface area contributed by atoms with Crippen molar-refractivity contribution < 1.29 is 0 Å². The van der Waals surface area contributed by atoms with Gasteiger partial charge in [0.2, 0.25) is 0 Å². The maximum Gasteiger partial charge on any atom is 0.293 e. The molecule has 0 atom stereocenters. The van der Waals surface area contributed by atoms with Crippen LogP contribution >= 0.6 is 0 Å². The van der Waals surface area contributed by atoms with Crippen LogP contribution in [0.15, 0.2) is 47.5 Å². The minimum atomic E-state index is -0.113. The Balaban J connectivity index is 2.11. The Labute approximate surface area is 93.6 Å². The van der Waals surface area contributed by atoms with Crippen molar-refractivity contribution in [3.8, 4) is 0 Å². The summed E-state index contributed by atoms with van der Waals surface area (Å²) in [6.45, 7) is 0.604. The van der Waals surface area contributed by atoms with Gasteiger partial charge in [-0.3, -0.25) is 4.79 Å². The van der Waals surface area contributed by atoms with Gasteiger partial charge in [0, 0.05) is 26.0 Å². The Hall–Kier alpha value is -2.10. The third-order valence-corrected chi connectivity index (χ3v) is 2.32. The number of aryl methyl sites for hydroxylation is 1. The lowest BCUT2D eigenvalue weighted by atomic mass is 10.2. The zero-order valence-electron chi connectivity index (χ0n) is 9.05. The van der Waals surface area contributed by atoms with Crippen molar-refractivity contribution >= 4 is 5.82 Å². The first-order valence-corrected chi connectivity index (χ1v) is 5.07. The van der Waals surface area contributed by atoms with Gasteiger partial charge in [-0.25, -0.2) is 4.98 Å². The van der Waals surface area contributed by atoms with Gasteiger partial charge in [0.05, 0.1) is 0 Å². The number of benzene rings is 1. The molecule has 2 rings (SSSR count). The summed E-state index contributed by atoms with van der Waals surface area (Å²) in [4.78, 5) is 15.6. The van der Waals surface area contributed by atoms with E-state index in [4.69, 9.17) is 0 Å². The van der Waals surface area contributed by atoms with E-state index in [9.17, 15) is 4.79 Å². The fraction of sp³-hybridized carbons (Fsp3) is 0.167. The number of hydrogen-bond acceptors (Lipinski definition) is 3. The summed E-state index contributed by atoms with van der Waals surface area (Å²) in [5.74, 6) is 0.383. The van der Waals surface area contributed by atoms with Crippen LogP contribution in [0.25, 0.3) is 0 Å². The van der Waals surface area contributed by atoms with Crippen LogP contribution in [0, 0.1) is 0 Å². The first kappa shape index (κ1) is 10.4. The Kier molecular flexibility index (Phi) is 3.00. The highest BCUT2D eigenvalue weighted by Crippen LogP contribution is 2.01. The molecule has 0 amide bonds. The third kappa shape index (κ3) is 2.28. The summed E-state index contributed by atoms with van der Waals surface area (Å²) < 4.78 is 1.50. The smallest absolute Gasteiger partial charge is 0.293 e. The molecule has 0 aliphatic heterocycles. The number of nitrogens with one attached hydrogen (secondary N) is 1. The minimum Gasteiger partial charge on any atom is -0.361 e. The molecule has 0 unspecified atom stereocenters. The second kappa shape index (κ2) is 4.61. The Morgan fingerprint density at radius 1 is 1.31 bits per heavy atom. The molecule has 0 saturated carbocycles. The normalized spacial score (nSPS) is 10.1. The molecule has 0 aliphatic rings. The number of anilines is 1. The molecule has 0 fully saturated rings. The van der Waals surface area contributed by atoms with Crippen LogP contribution in [0.2, 0.25) is 0 Å². The Morgan fingerprint density at radius 2 is 2.06 bits per heavy atom. The highest BCUT2D eigenvalue weighted by atomic mass is 16.1. The fourth-order valence-corrected chi connectivity index (χ4v) is 1.40. The second-order valence-electron chi connectivity index (χ2n) is 3.53. The summed E-state index contributed by atoms with van der Waals surface area (Å²) in [5, 5.41) is 3.03. The summed E-state index contributed by atoms with van der Waals surface area (Å²) in [7, 11) is 1.71. The first-order chi connectivity index (χ1) is 7.77. The lowest BCUT2D eigenvalue weighted by Crippen LogP contribution is -2.21. The summed E-state index contributed by atoms with van der Waals surface area (Å²) in [6, 6.07) is 9.89. The van der Waals surface area contributed by atoms with Crippen LogP contribution < -0.4 is 10.9 Å². The van der Waals surface area contributed by atoms with Gasteiger partial charge in [0.25, 0.3) is 5.56 Å². The topological polar surface area (TPSA) is 46.9 Å². The lowest BCUT2D eigenvalue weighted by Gasteiger charge is -2.05. The van der Waals surface area contributed by atoms with Gasteiger partial charge in [-0.05, 0) is 5.56 Å². The van der Waals surface area contributed by atoms with E-state index in [0.29, 0.717) is 12.4 Å². The molecule has 2 aromatic rings. The monoisotopic (exact) mass is 215 g/mol. The minimum absolute atomic E-state index is 0.113. The van der Waals surface area contributed by atoms with Crippen molar-refractivity contribution in [2.75, 3.05) is 5.32 Å². The summed E-state index contributed by atoms with van der Waals surface area (Å²) in [5.41, 5.74) is 1.01. The predicted octanol–water partition coefficient (Wildman–Crippen LogP) is 1.39. The summed E-state index contributed by atoms with van der Waals surface area (Å²) in [6.07, 6.45) is 3.24. The molecule has 4 heteroatoms. The first-order valence-electron chi connectivity index (χ1n) is 5.07. The molecule has 1 heterocycles. The third-order valence-electron chi connectivity index (χ3n) is 2.32. The van der Waals surface area contributed by atoms with Gasteiger partial charge in [0.1, 0.15) is 0 Å². The molecule has 0 bridgehead atoms. The van der Waals surface area contributed by atoms with Crippen LogP contribution in [0.3, 0.4) is 0 Å². The Bertz CT molecular complexity index is 519. The Morgan fingerprint density at radius 3 is 2.81 bits per heavy atom. The maximum atomic E-state index is 11.6. The SMILES string of the molecule is Cn1ccnc(NCc2ccccc2)c1=O.